The molecule has 0 amide bonds. The molecule has 1 atom stereocenters. The molecule has 0 spiro atoms. The molecule has 1 rings (SSSR count). The van der Waals surface area contributed by atoms with Crippen molar-refractivity contribution in [1.29, 1.82) is 0 Å². The van der Waals surface area contributed by atoms with E-state index in [9.17, 15) is 5.11 Å². The summed E-state index contributed by atoms with van der Waals surface area (Å²) < 4.78 is 7.68. The lowest BCUT2D eigenvalue weighted by Gasteiger charge is -2.13. The highest BCUT2D eigenvalue weighted by atomic mass is 16.3. The van der Waals surface area contributed by atoms with Crippen LogP contribution in [0.2, 0.25) is 0 Å². The van der Waals surface area contributed by atoms with E-state index in [1.807, 2.05) is 32.0 Å². The average Bonchev–Trinajstić information content (AvgIpc) is 2.06. The van der Waals surface area contributed by atoms with Crippen molar-refractivity contribution in [2.45, 2.75) is 19.9 Å². The molecule has 0 aliphatic rings. The number of rotatable bonds is 2. The summed E-state index contributed by atoms with van der Waals surface area (Å²) in [6.45, 7) is 3.67. The molecule has 0 fully saturated rings. The minimum absolute atomic E-state index is 0.0973. The standard InChI is InChI=1S/C10H14O/c1-8(2)10(11)9-6-4-3-5-7-9/h3-8,10-11H,1-2H3/i10D. The van der Waals surface area contributed by atoms with E-state index < -0.39 is 6.08 Å². The van der Waals surface area contributed by atoms with Gasteiger partial charge in [-0.1, -0.05) is 44.2 Å². The van der Waals surface area contributed by atoms with Gasteiger partial charge in [-0.2, -0.15) is 0 Å². The summed E-state index contributed by atoms with van der Waals surface area (Å²) in [6, 6.07) is 9.08. The first-order chi connectivity index (χ1) is 5.55. The molecule has 0 heterocycles. The minimum Gasteiger partial charge on any atom is -0.388 e. The predicted molar refractivity (Wildman–Crippen MR) is 46.2 cm³/mol. The molecule has 1 nitrogen and oxygen atoms in total. The highest BCUT2D eigenvalue weighted by Crippen LogP contribution is 2.19. The molecule has 1 unspecified atom stereocenters. The quantitative estimate of drug-likeness (QED) is 0.688. The molecule has 1 aromatic rings. The zero-order valence-corrected chi connectivity index (χ0v) is 6.91. The lowest BCUT2D eigenvalue weighted by molar-refractivity contribution is 0.127. The van der Waals surface area contributed by atoms with Gasteiger partial charge in [-0.15, -0.1) is 0 Å². The van der Waals surface area contributed by atoms with Crippen molar-refractivity contribution in [3.05, 3.63) is 35.9 Å². The number of benzene rings is 1. The Balaban J connectivity index is 2.98. The van der Waals surface area contributed by atoms with Crippen molar-refractivity contribution in [2.75, 3.05) is 0 Å². The molecule has 1 aromatic carbocycles. The molecular weight excluding hydrogens is 136 g/mol. The molecule has 0 saturated heterocycles. The first-order valence-electron chi connectivity index (χ1n) is 4.33. The molecule has 0 saturated carbocycles. The number of hydrogen-bond donors (Lipinski definition) is 1. The lowest BCUT2D eigenvalue weighted by atomic mass is 10.00. The SMILES string of the molecule is [2H]C(O)(c1ccccc1)C(C)C. The summed E-state index contributed by atoms with van der Waals surface area (Å²) in [6.07, 6.45) is -1.46. The van der Waals surface area contributed by atoms with Gasteiger partial charge >= 0.3 is 0 Å². The van der Waals surface area contributed by atoms with Crippen molar-refractivity contribution in [1.82, 2.24) is 0 Å². The Labute approximate surface area is 69.1 Å². The van der Waals surface area contributed by atoms with E-state index in [0.29, 0.717) is 5.56 Å². The lowest BCUT2D eigenvalue weighted by Crippen LogP contribution is -2.04. The maximum Gasteiger partial charge on any atom is 0.0812 e. The molecule has 1 heteroatoms. The average molecular weight is 151 g/mol. The maximum atomic E-state index is 9.73. The molecule has 0 aromatic heterocycles. The minimum atomic E-state index is -1.46. The summed E-state index contributed by atoms with van der Waals surface area (Å²) in [5, 5.41) is 9.73. The van der Waals surface area contributed by atoms with Gasteiger partial charge in [-0.25, -0.2) is 0 Å². The van der Waals surface area contributed by atoms with Crippen LogP contribution in [0.4, 0.5) is 0 Å². The third-order valence-electron chi connectivity index (χ3n) is 1.62. The summed E-state index contributed by atoms with van der Waals surface area (Å²) in [5.74, 6) is -0.0973. The van der Waals surface area contributed by atoms with Crippen LogP contribution in [0.1, 0.15) is 26.9 Å². The summed E-state index contributed by atoms with van der Waals surface area (Å²) in [7, 11) is 0. The summed E-state index contributed by atoms with van der Waals surface area (Å²) in [5.41, 5.74) is 0.653. The zero-order chi connectivity index (χ0) is 9.19. The van der Waals surface area contributed by atoms with Crippen molar-refractivity contribution < 1.29 is 6.48 Å². The monoisotopic (exact) mass is 151 g/mol. The second kappa shape index (κ2) is 3.54. The van der Waals surface area contributed by atoms with E-state index in [4.69, 9.17) is 1.37 Å². The van der Waals surface area contributed by atoms with Crippen molar-refractivity contribution in [3.8, 4) is 0 Å². The molecule has 1 N–H and O–H groups in total. The van der Waals surface area contributed by atoms with Gasteiger partial charge in [0.15, 0.2) is 0 Å². The van der Waals surface area contributed by atoms with Gasteiger partial charge in [0.2, 0.25) is 0 Å². The van der Waals surface area contributed by atoms with E-state index in [-0.39, 0.29) is 5.92 Å². The highest BCUT2D eigenvalue weighted by Gasteiger charge is 2.09. The fourth-order valence-corrected chi connectivity index (χ4v) is 0.942. The fraction of sp³-hybridized carbons (Fsp3) is 0.400. The Hall–Kier alpha value is -0.820. The Kier molecular flexibility index (Phi) is 2.21. The van der Waals surface area contributed by atoms with E-state index >= 15 is 0 Å². The van der Waals surface area contributed by atoms with Crippen LogP contribution in [0.25, 0.3) is 0 Å². The smallest absolute Gasteiger partial charge is 0.0812 e. The summed E-state index contributed by atoms with van der Waals surface area (Å²) in [4.78, 5) is 0. The van der Waals surface area contributed by atoms with Crippen LogP contribution in [0, 0.1) is 5.92 Å². The Morgan fingerprint density at radius 2 is 1.82 bits per heavy atom. The zero-order valence-electron chi connectivity index (χ0n) is 7.91. The van der Waals surface area contributed by atoms with Gasteiger partial charge in [0.05, 0.1) is 7.45 Å². The topological polar surface area (TPSA) is 20.2 Å². The van der Waals surface area contributed by atoms with Gasteiger partial charge in [0, 0.05) is 0 Å². The Bertz CT molecular complexity index is 241. The molecule has 0 bridgehead atoms. The first-order valence-corrected chi connectivity index (χ1v) is 3.83. The van der Waals surface area contributed by atoms with E-state index in [1.165, 1.54) is 0 Å². The van der Waals surface area contributed by atoms with Gasteiger partial charge in [-0.05, 0) is 11.5 Å². The molecular formula is C10H14O. The van der Waals surface area contributed by atoms with Crippen LogP contribution < -0.4 is 0 Å². The molecule has 60 valence electrons. The molecule has 11 heavy (non-hydrogen) atoms. The van der Waals surface area contributed by atoms with E-state index in [1.54, 1.807) is 12.1 Å². The van der Waals surface area contributed by atoms with Gasteiger partial charge in [0.25, 0.3) is 0 Å². The van der Waals surface area contributed by atoms with Crippen LogP contribution >= 0.6 is 0 Å². The Morgan fingerprint density at radius 3 is 2.27 bits per heavy atom. The second-order valence-corrected chi connectivity index (χ2v) is 2.91. The largest absolute Gasteiger partial charge is 0.388 e. The fourth-order valence-electron chi connectivity index (χ4n) is 0.942. The van der Waals surface area contributed by atoms with E-state index in [2.05, 4.69) is 0 Å². The third-order valence-corrected chi connectivity index (χ3v) is 1.62. The predicted octanol–water partition coefficient (Wildman–Crippen LogP) is 2.38. The molecule has 0 radical (unpaired) electrons. The van der Waals surface area contributed by atoms with Crippen LogP contribution in [-0.2, 0) is 0 Å². The van der Waals surface area contributed by atoms with Crippen LogP contribution in [0.5, 0.6) is 0 Å². The second-order valence-electron chi connectivity index (χ2n) is 2.91. The van der Waals surface area contributed by atoms with Crippen LogP contribution in [0.15, 0.2) is 30.3 Å². The van der Waals surface area contributed by atoms with Crippen LogP contribution in [-0.4, -0.2) is 5.11 Å². The highest BCUT2D eigenvalue weighted by molar-refractivity contribution is 5.17. The first kappa shape index (κ1) is 6.86. The van der Waals surface area contributed by atoms with Crippen molar-refractivity contribution >= 4 is 0 Å². The van der Waals surface area contributed by atoms with E-state index in [0.717, 1.165) is 0 Å². The third kappa shape index (κ3) is 2.05. The number of hydrogen-bond acceptors (Lipinski definition) is 1. The van der Waals surface area contributed by atoms with Gasteiger partial charge in [-0.3, -0.25) is 0 Å². The normalized spacial score (nSPS) is 17.6. The van der Waals surface area contributed by atoms with Crippen LogP contribution in [0.3, 0.4) is 0 Å². The molecule has 0 aliphatic carbocycles. The van der Waals surface area contributed by atoms with Gasteiger partial charge < -0.3 is 5.11 Å². The maximum absolute atomic E-state index is 9.73. The molecule has 0 aliphatic heterocycles. The van der Waals surface area contributed by atoms with Crippen molar-refractivity contribution in [2.24, 2.45) is 5.92 Å². The van der Waals surface area contributed by atoms with Crippen molar-refractivity contribution in [3.63, 3.8) is 0 Å². The summed E-state index contributed by atoms with van der Waals surface area (Å²) >= 11 is 0. The van der Waals surface area contributed by atoms with Gasteiger partial charge in [0.1, 0.15) is 0 Å². The Morgan fingerprint density at radius 1 is 1.27 bits per heavy atom. The number of aliphatic hydroxyl groups is 1.